The highest BCUT2D eigenvalue weighted by Crippen LogP contribution is 2.37. The number of rotatable bonds is 9. The van der Waals surface area contributed by atoms with Crippen LogP contribution in [0, 0.1) is 12.5 Å². The fourth-order valence-electron chi connectivity index (χ4n) is 5.97. The van der Waals surface area contributed by atoms with Gasteiger partial charge < -0.3 is 9.80 Å². The Balaban J connectivity index is 1.50. The van der Waals surface area contributed by atoms with Gasteiger partial charge in [0, 0.05) is 49.0 Å². The number of aryl methyl sites for hydroxylation is 2. The van der Waals surface area contributed by atoms with Crippen molar-refractivity contribution in [3.63, 3.8) is 0 Å². The first kappa shape index (κ1) is 26.6. The van der Waals surface area contributed by atoms with Crippen LogP contribution in [-0.4, -0.2) is 18.1 Å². The van der Waals surface area contributed by atoms with E-state index < -0.39 is 11.7 Å². The van der Waals surface area contributed by atoms with Crippen molar-refractivity contribution in [3.8, 4) is 0 Å². The second-order valence-corrected chi connectivity index (χ2v) is 11.3. The van der Waals surface area contributed by atoms with Crippen molar-refractivity contribution < 1.29 is 13.2 Å². The molecule has 0 N–H and O–H groups in total. The predicted octanol–water partition coefficient (Wildman–Crippen LogP) is 8.42. The van der Waals surface area contributed by atoms with E-state index in [9.17, 15) is 13.2 Å². The van der Waals surface area contributed by atoms with Gasteiger partial charge in [-0.3, -0.25) is 0 Å². The normalized spacial score (nSPS) is 15.4. The first-order valence-electron chi connectivity index (χ1n) is 13.5. The maximum Gasteiger partial charge on any atom is 0.415 e. The molecule has 1 fully saturated rings. The summed E-state index contributed by atoms with van der Waals surface area (Å²) in [5, 5.41) is 2.65. The molecule has 0 saturated heterocycles. The van der Waals surface area contributed by atoms with Crippen LogP contribution in [0.5, 0.6) is 0 Å². The summed E-state index contributed by atoms with van der Waals surface area (Å²) in [6.45, 7) is 12.3. The molecular formula is C30H33F3N4S. The average Bonchev–Trinajstić information content (AvgIpc) is 3.69. The topological polar surface area (TPSA) is 23.7 Å². The molecule has 0 amide bonds. The predicted molar refractivity (Wildman–Crippen MR) is 148 cm³/mol. The molecular weight excluding hydrogens is 505 g/mol. The van der Waals surface area contributed by atoms with E-state index in [0.29, 0.717) is 18.0 Å². The van der Waals surface area contributed by atoms with Crippen molar-refractivity contribution in [3.05, 3.63) is 81.1 Å². The van der Waals surface area contributed by atoms with Gasteiger partial charge in [-0.2, -0.15) is 13.2 Å². The summed E-state index contributed by atoms with van der Waals surface area (Å²) in [4.78, 5) is 12.4. The Hall–Kier alpha value is -3.05. The fourth-order valence-corrected chi connectivity index (χ4v) is 6.61. The Kier molecular flexibility index (Phi) is 7.94. The van der Waals surface area contributed by atoms with Crippen molar-refractivity contribution in [1.82, 2.24) is 4.98 Å². The third-order valence-corrected chi connectivity index (χ3v) is 8.66. The van der Waals surface area contributed by atoms with Crippen LogP contribution in [0.2, 0.25) is 0 Å². The molecule has 4 nitrogen and oxygen atoms in total. The summed E-state index contributed by atoms with van der Waals surface area (Å²) in [6.07, 6.45) is 5.72. The molecule has 1 saturated carbocycles. The molecule has 3 aromatic rings. The number of alkyl halides is 3. The SMILES string of the molecule is [C-]#[N+]c1cc(CN(Cc2cc3c(cc2N(CC)CC2CCCC2)CCC3)c2nccs2)cc(C(F)(F)F)c1. The van der Waals surface area contributed by atoms with Gasteiger partial charge in [0.2, 0.25) is 0 Å². The smallest absolute Gasteiger partial charge is 0.371 e. The lowest BCUT2D eigenvalue weighted by molar-refractivity contribution is -0.137. The monoisotopic (exact) mass is 538 g/mol. The Morgan fingerprint density at radius 2 is 1.76 bits per heavy atom. The average molecular weight is 539 g/mol. The second-order valence-electron chi connectivity index (χ2n) is 10.5. The van der Waals surface area contributed by atoms with Crippen LogP contribution in [0.1, 0.15) is 66.8 Å². The molecule has 1 heterocycles. The molecule has 0 bridgehead atoms. The summed E-state index contributed by atoms with van der Waals surface area (Å²) in [5.74, 6) is 0.711. The fraction of sp³-hybridized carbons (Fsp3) is 0.467. The Bertz CT molecular complexity index is 1290. The number of aromatic nitrogens is 1. The van der Waals surface area contributed by atoms with Gasteiger partial charge in [-0.05, 0) is 85.4 Å². The highest BCUT2D eigenvalue weighted by Gasteiger charge is 2.31. The van der Waals surface area contributed by atoms with Crippen LogP contribution in [-0.2, 0) is 32.1 Å². The van der Waals surface area contributed by atoms with E-state index in [0.717, 1.165) is 49.6 Å². The molecule has 2 aromatic carbocycles. The zero-order chi connectivity index (χ0) is 26.7. The Morgan fingerprint density at radius 3 is 2.42 bits per heavy atom. The van der Waals surface area contributed by atoms with Crippen LogP contribution >= 0.6 is 11.3 Å². The van der Waals surface area contributed by atoms with Gasteiger partial charge in [-0.15, -0.1) is 11.3 Å². The number of thiazole rings is 1. The number of nitrogens with zero attached hydrogens (tertiary/aromatic N) is 4. The Labute approximate surface area is 226 Å². The van der Waals surface area contributed by atoms with E-state index in [2.05, 4.69) is 38.7 Å². The zero-order valence-corrected chi connectivity index (χ0v) is 22.5. The second kappa shape index (κ2) is 11.4. The van der Waals surface area contributed by atoms with Crippen LogP contribution in [0.15, 0.2) is 41.9 Å². The molecule has 200 valence electrons. The van der Waals surface area contributed by atoms with E-state index in [1.165, 1.54) is 59.4 Å². The van der Waals surface area contributed by atoms with Gasteiger partial charge >= 0.3 is 6.18 Å². The van der Waals surface area contributed by atoms with E-state index >= 15 is 0 Å². The van der Waals surface area contributed by atoms with Crippen molar-refractivity contribution in [2.45, 2.75) is 71.1 Å². The van der Waals surface area contributed by atoms with Gasteiger partial charge in [0.05, 0.1) is 6.57 Å². The third-order valence-electron chi connectivity index (χ3n) is 7.83. The van der Waals surface area contributed by atoms with Crippen LogP contribution < -0.4 is 9.80 Å². The molecule has 8 heteroatoms. The summed E-state index contributed by atoms with van der Waals surface area (Å²) >= 11 is 1.48. The third kappa shape index (κ3) is 5.99. The molecule has 0 spiro atoms. The van der Waals surface area contributed by atoms with Crippen molar-refractivity contribution >= 4 is 27.8 Å². The first-order chi connectivity index (χ1) is 18.3. The van der Waals surface area contributed by atoms with Gasteiger partial charge in [-0.25, -0.2) is 9.83 Å². The molecule has 2 aliphatic rings. The summed E-state index contributed by atoms with van der Waals surface area (Å²) in [5.41, 5.74) is 4.92. The van der Waals surface area contributed by atoms with Gasteiger partial charge in [0.1, 0.15) is 0 Å². The molecule has 1 aromatic heterocycles. The van der Waals surface area contributed by atoms with Crippen molar-refractivity contribution in [2.75, 3.05) is 22.9 Å². The van der Waals surface area contributed by atoms with Crippen molar-refractivity contribution in [2.24, 2.45) is 5.92 Å². The van der Waals surface area contributed by atoms with Crippen LogP contribution in [0.25, 0.3) is 4.85 Å². The molecule has 0 atom stereocenters. The first-order valence-corrected chi connectivity index (χ1v) is 14.3. The van der Waals surface area contributed by atoms with E-state index in [-0.39, 0.29) is 12.2 Å². The molecule has 2 aliphatic carbocycles. The van der Waals surface area contributed by atoms with E-state index in [4.69, 9.17) is 6.57 Å². The van der Waals surface area contributed by atoms with Gasteiger partial charge in [-0.1, -0.05) is 25.0 Å². The Morgan fingerprint density at radius 1 is 1.00 bits per heavy atom. The quantitative estimate of drug-likeness (QED) is 0.256. The van der Waals surface area contributed by atoms with E-state index in [1.54, 1.807) is 12.3 Å². The van der Waals surface area contributed by atoms with Gasteiger partial charge in [0.25, 0.3) is 0 Å². The van der Waals surface area contributed by atoms with Crippen molar-refractivity contribution in [1.29, 1.82) is 0 Å². The summed E-state index contributed by atoms with van der Waals surface area (Å²) in [6, 6.07) is 8.34. The molecule has 0 radical (unpaired) electrons. The number of benzene rings is 2. The number of fused-ring (bicyclic) bond motifs is 1. The van der Waals surface area contributed by atoms with Gasteiger partial charge in [0.15, 0.2) is 10.8 Å². The number of hydrogen-bond donors (Lipinski definition) is 0. The highest BCUT2D eigenvalue weighted by molar-refractivity contribution is 7.13. The lowest BCUT2D eigenvalue weighted by Gasteiger charge is -2.31. The lowest BCUT2D eigenvalue weighted by atomic mass is 10.0. The van der Waals surface area contributed by atoms with Crippen LogP contribution in [0.4, 0.5) is 29.7 Å². The minimum absolute atomic E-state index is 0.000792. The molecule has 0 unspecified atom stereocenters. The number of halogens is 3. The minimum Gasteiger partial charge on any atom is -0.371 e. The molecule has 0 aliphatic heterocycles. The number of anilines is 2. The molecule has 38 heavy (non-hydrogen) atoms. The largest absolute Gasteiger partial charge is 0.415 e. The maximum absolute atomic E-state index is 13.6. The standard InChI is InChI=1S/C30H33F3N4S/c1-3-36(18-21-7-4-5-8-21)28-16-24-10-6-9-23(24)15-25(28)20-37(29-35-11-12-38-29)19-22-13-26(30(31,32)33)17-27(14-22)34-2/h11-17,21H,3-10,18-20H2,1H3. The minimum atomic E-state index is -4.50. The number of hydrogen-bond acceptors (Lipinski definition) is 4. The highest BCUT2D eigenvalue weighted by atomic mass is 32.1. The maximum atomic E-state index is 13.6. The van der Waals surface area contributed by atoms with Crippen LogP contribution in [0.3, 0.4) is 0 Å². The summed E-state index contributed by atoms with van der Waals surface area (Å²) < 4.78 is 40.8. The zero-order valence-electron chi connectivity index (χ0n) is 21.7. The lowest BCUT2D eigenvalue weighted by Crippen LogP contribution is -2.31. The molecule has 5 rings (SSSR count). The summed E-state index contributed by atoms with van der Waals surface area (Å²) in [7, 11) is 0. The van der Waals surface area contributed by atoms with E-state index in [1.807, 2.05) is 5.38 Å².